The van der Waals surface area contributed by atoms with E-state index >= 15 is 0 Å². The van der Waals surface area contributed by atoms with E-state index in [-0.39, 0.29) is 11.9 Å². The predicted octanol–water partition coefficient (Wildman–Crippen LogP) is 5.58. The highest BCUT2D eigenvalue weighted by Crippen LogP contribution is 2.18. The minimum Gasteiger partial charge on any atom is -0.349 e. The number of hydrogen-bond acceptors (Lipinski definition) is 2. The van der Waals surface area contributed by atoms with Crippen LogP contribution in [0.25, 0.3) is 5.69 Å². The first-order valence-corrected chi connectivity index (χ1v) is 10.7. The average molecular weight is 368 g/mol. The molecule has 0 aliphatic heterocycles. The molecule has 1 amide bonds. The molecule has 0 atom stereocenters. The SMILES string of the molecule is Cc1c(C(=O)NC2CCCCCCCCCCC2)cnn1-c1ccccc1. The first-order valence-electron chi connectivity index (χ1n) is 10.7. The number of nitrogens with zero attached hydrogens (tertiary/aromatic N) is 2. The number of benzene rings is 1. The molecular weight excluding hydrogens is 334 g/mol. The lowest BCUT2D eigenvalue weighted by molar-refractivity contribution is 0.0930. The van der Waals surface area contributed by atoms with Gasteiger partial charge >= 0.3 is 0 Å². The second-order valence-electron chi connectivity index (χ2n) is 7.82. The molecular formula is C23H33N3O. The summed E-state index contributed by atoms with van der Waals surface area (Å²) >= 11 is 0. The molecule has 0 saturated heterocycles. The predicted molar refractivity (Wildman–Crippen MR) is 110 cm³/mol. The third kappa shape index (κ3) is 5.69. The fraction of sp³-hybridized carbons (Fsp3) is 0.565. The number of amides is 1. The lowest BCUT2D eigenvalue weighted by Crippen LogP contribution is -2.35. The summed E-state index contributed by atoms with van der Waals surface area (Å²) in [7, 11) is 0. The van der Waals surface area contributed by atoms with Crippen molar-refractivity contribution in [3.63, 3.8) is 0 Å². The van der Waals surface area contributed by atoms with Gasteiger partial charge in [-0.3, -0.25) is 4.79 Å². The maximum absolute atomic E-state index is 12.9. The Hall–Kier alpha value is -2.10. The Morgan fingerprint density at radius 1 is 0.926 bits per heavy atom. The van der Waals surface area contributed by atoms with Gasteiger partial charge in [-0.25, -0.2) is 4.68 Å². The highest BCUT2D eigenvalue weighted by atomic mass is 16.1. The molecule has 1 saturated carbocycles. The van der Waals surface area contributed by atoms with Gasteiger partial charge in [-0.1, -0.05) is 76.0 Å². The van der Waals surface area contributed by atoms with Crippen molar-refractivity contribution >= 4 is 5.91 Å². The first-order chi connectivity index (χ1) is 13.3. The summed E-state index contributed by atoms with van der Waals surface area (Å²) < 4.78 is 1.84. The standard InChI is InChI=1S/C23H33N3O/c1-19-22(18-24-26(19)21-16-12-9-13-17-21)23(27)25-20-14-10-7-5-3-2-4-6-8-11-15-20/h9,12-13,16-18,20H,2-8,10-11,14-15H2,1H3,(H,25,27). The molecule has 1 heterocycles. The van der Waals surface area contributed by atoms with Crippen LogP contribution in [-0.4, -0.2) is 21.7 Å². The number of carbonyl (C=O) groups is 1. The number of hydrogen-bond donors (Lipinski definition) is 1. The van der Waals surface area contributed by atoms with E-state index in [4.69, 9.17) is 0 Å². The van der Waals surface area contributed by atoms with Crippen molar-refractivity contribution in [3.8, 4) is 5.69 Å². The summed E-state index contributed by atoms with van der Waals surface area (Å²) in [5.74, 6) is 0.0202. The highest BCUT2D eigenvalue weighted by molar-refractivity contribution is 5.95. The molecule has 1 aromatic carbocycles. The summed E-state index contributed by atoms with van der Waals surface area (Å²) in [4.78, 5) is 12.9. The number of rotatable bonds is 3. The zero-order chi connectivity index (χ0) is 18.9. The summed E-state index contributed by atoms with van der Waals surface area (Å²) in [6.45, 7) is 1.97. The normalized spacial score (nSPS) is 17.7. The smallest absolute Gasteiger partial charge is 0.254 e. The third-order valence-corrected chi connectivity index (χ3v) is 5.70. The van der Waals surface area contributed by atoms with Gasteiger partial charge < -0.3 is 5.32 Å². The van der Waals surface area contributed by atoms with Gasteiger partial charge in [0.25, 0.3) is 5.91 Å². The molecule has 0 radical (unpaired) electrons. The van der Waals surface area contributed by atoms with E-state index in [1.165, 1.54) is 57.8 Å². The van der Waals surface area contributed by atoms with Crippen LogP contribution in [0.1, 0.15) is 86.7 Å². The Bertz CT molecular complexity index is 696. The topological polar surface area (TPSA) is 46.9 Å². The zero-order valence-corrected chi connectivity index (χ0v) is 16.6. The molecule has 3 rings (SSSR count). The first kappa shape index (κ1) is 19.7. The summed E-state index contributed by atoms with van der Waals surface area (Å²) in [6.07, 6.45) is 15.7. The van der Waals surface area contributed by atoms with Crippen molar-refractivity contribution in [2.24, 2.45) is 0 Å². The molecule has 1 aliphatic rings. The highest BCUT2D eigenvalue weighted by Gasteiger charge is 2.18. The Morgan fingerprint density at radius 2 is 1.48 bits per heavy atom. The number of nitrogens with one attached hydrogen (secondary N) is 1. The van der Waals surface area contributed by atoms with Gasteiger partial charge in [-0.05, 0) is 31.9 Å². The van der Waals surface area contributed by atoms with Gasteiger partial charge in [-0.2, -0.15) is 5.10 Å². The van der Waals surface area contributed by atoms with Crippen molar-refractivity contribution < 1.29 is 4.79 Å². The van der Waals surface area contributed by atoms with Gasteiger partial charge in [0.2, 0.25) is 0 Å². The summed E-state index contributed by atoms with van der Waals surface area (Å²) in [5.41, 5.74) is 2.57. The fourth-order valence-electron chi connectivity index (χ4n) is 4.03. The van der Waals surface area contributed by atoms with E-state index in [9.17, 15) is 4.79 Å². The minimum atomic E-state index is 0.0202. The molecule has 27 heavy (non-hydrogen) atoms. The Balaban J connectivity index is 1.63. The Labute approximate surface area is 163 Å². The Kier molecular flexibility index (Phi) is 7.49. The van der Waals surface area contributed by atoms with Crippen LogP contribution in [0.4, 0.5) is 0 Å². The van der Waals surface area contributed by atoms with E-state index in [1.807, 2.05) is 41.9 Å². The molecule has 0 bridgehead atoms. The van der Waals surface area contributed by atoms with Crippen LogP contribution in [0.3, 0.4) is 0 Å². The van der Waals surface area contributed by atoms with E-state index < -0.39 is 0 Å². The molecule has 0 unspecified atom stereocenters. The van der Waals surface area contributed by atoms with Crippen molar-refractivity contribution in [3.05, 3.63) is 47.8 Å². The van der Waals surface area contributed by atoms with Crippen LogP contribution in [-0.2, 0) is 0 Å². The van der Waals surface area contributed by atoms with Gasteiger partial charge in [0.1, 0.15) is 0 Å². The molecule has 2 aromatic rings. The number of aromatic nitrogens is 2. The van der Waals surface area contributed by atoms with Gasteiger partial charge in [0.05, 0.1) is 23.1 Å². The van der Waals surface area contributed by atoms with Crippen LogP contribution >= 0.6 is 0 Å². The van der Waals surface area contributed by atoms with Crippen LogP contribution in [0.5, 0.6) is 0 Å². The van der Waals surface area contributed by atoms with Crippen LogP contribution in [0.15, 0.2) is 36.5 Å². The van der Waals surface area contributed by atoms with Gasteiger partial charge in [-0.15, -0.1) is 0 Å². The zero-order valence-electron chi connectivity index (χ0n) is 16.6. The molecule has 4 nitrogen and oxygen atoms in total. The van der Waals surface area contributed by atoms with Crippen molar-refractivity contribution in [1.82, 2.24) is 15.1 Å². The molecule has 1 N–H and O–H groups in total. The number of para-hydroxylation sites is 1. The lowest BCUT2D eigenvalue weighted by atomic mass is 9.97. The number of carbonyl (C=O) groups excluding carboxylic acids is 1. The van der Waals surface area contributed by atoms with Gasteiger partial charge in [0.15, 0.2) is 0 Å². The summed E-state index contributed by atoms with van der Waals surface area (Å²) in [6, 6.07) is 10.3. The molecule has 0 spiro atoms. The third-order valence-electron chi connectivity index (χ3n) is 5.70. The summed E-state index contributed by atoms with van der Waals surface area (Å²) in [5, 5.41) is 7.74. The fourth-order valence-corrected chi connectivity index (χ4v) is 4.03. The van der Waals surface area contributed by atoms with Crippen LogP contribution < -0.4 is 5.32 Å². The molecule has 4 heteroatoms. The van der Waals surface area contributed by atoms with E-state index in [1.54, 1.807) is 6.20 Å². The second kappa shape index (κ2) is 10.3. The quantitative estimate of drug-likeness (QED) is 0.769. The molecule has 146 valence electrons. The minimum absolute atomic E-state index is 0.0202. The lowest BCUT2D eigenvalue weighted by Gasteiger charge is -2.19. The second-order valence-corrected chi connectivity index (χ2v) is 7.82. The van der Waals surface area contributed by atoms with E-state index in [0.717, 1.165) is 24.2 Å². The van der Waals surface area contributed by atoms with Gasteiger partial charge in [0, 0.05) is 6.04 Å². The molecule has 1 fully saturated rings. The van der Waals surface area contributed by atoms with E-state index in [2.05, 4.69) is 10.4 Å². The Morgan fingerprint density at radius 3 is 2.07 bits per heavy atom. The average Bonchev–Trinajstić information content (AvgIpc) is 3.06. The van der Waals surface area contributed by atoms with Crippen molar-refractivity contribution in [2.75, 3.05) is 0 Å². The molecule has 1 aromatic heterocycles. The monoisotopic (exact) mass is 367 g/mol. The van der Waals surface area contributed by atoms with Crippen LogP contribution in [0.2, 0.25) is 0 Å². The van der Waals surface area contributed by atoms with Crippen molar-refractivity contribution in [1.29, 1.82) is 0 Å². The maximum atomic E-state index is 12.9. The van der Waals surface area contributed by atoms with E-state index in [0.29, 0.717) is 5.56 Å². The largest absolute Gasteiger partial charge is 0.349 e. The van der Waals surface area contributed by atoms with Crippen LogP contribution in [0, 0.1) is 6.92 Å². The van der Waals surface area contributed by atoms with Crippen molar-refractivity contribution in [2.45, 2.75) is 83.6 Å². The maximum Gasteiger partial charge on any atom is 0.254 e. The molecule has 1 aliphatic carbocycles.